The molecule has 0 saturated carbocycles. The molecule has 2 heterocycles. The number of rotatable bonds is 7. The average Bonchev–Trinajstić information content (AvgIpc) is 3.39. The topological polar surface area (TPSA) is 96.3 Å². The van der Waals surface area contributed by atoms with E-state index in [1.807, 2.05) is 43.3 Å². The lowest BCUT2D eigenvalue weighted by Gasteiger charge is -2.26. The van der Waals surface area contributed by atoms with Crippen LogP contribution in [0, 0.1) is 0 Å². The predicted molar refractivity (Wildman–Crippen MR) is 139 cm³/mol. The van der Waals surface area contributed by atoms with Gasteiger partial charge in [-0.3, -0.25) is 9.59 Å². The van der Waals surface area contributed by atoms with Gasteiger partial charge in [0.05, 0.1) is 18.2 Å². The number of carbonyl (C=O) groups is 2. The molecule has 190 valence electrons. The molecule has 0 spiro atoms. The Morgan fingerprint density at radius 3 is 2.62 bits per heavy atom. The molecule has 3 aromatic rings. The van der Waals surface area contributed by atoms with E-state index in [4.69, 9.17) is 9.47 Å². The van der Waals surface area contributed by atoms with Crippen molar-refractivity contribution in [2.45, 2.75) is 38.8 Å². The number of aliphatic hydroxyl groups is 1. The highest BCUT2D eigenvalue weighted by Gasteiger charge is 2.46. The number of hydrogen-bond donors (Lipinski definition) is 2. The third-order valence-electron chi connectivity index (χ3n) is 6.79. The second kappa shape index (κ2) is 10.0. The van der Waals surface area contributed by atoms with Crippen molar-refractivity contribution in [3.8, 4) is 17.2 Å². The number of fused-ring (bicyclic) bond motifs is 1. The Hall–Kier alpha value is -4.26. The number of likely N-dealkylation sites (tertiary alicyclic amines) is 1. The Morgan fingerprint density at radius 2 is 1.86 bits per heavy atom. The third kappa shape index (κ3) is 4.65. The van der Waals surface area contributed by atoms with Gasteiger partial charge in [-0.1, -0.05) is 36.4 Å². The van der Waals surface area contributed by atoms with Gasteiger partial charge in [-0.05, 0) is 67.3 Å². The Bertz CT molecular complexity index is 1380. The zero-order valence-electron chi connectivity index (χ0n) is 20.8. The summed E-state index contributed by atoms with van der Waals surface area (Å²) in [6.45, 7) is 4.38. The van der Waals surface area contributed by atoms with Gasteiger partial charge in [-0.2, -0.15) is 0 Å². The minimum Gasteiger partial charge on any atom is -0.507 e. The van der Waals surface area contributed by atoms with Crippen molar-refractivity contribution in [2.75, 3.05) is 13.2 Å². The van der Waals surface area contributed by atoms with E-state index in [0.717, 1.165) is 16.9 Å². The summed E-state index contributed by atoms with van der Waals surface area (Å²) in [6.07, 6.45) is 1.26. The van der Waals surface area contributed by atoms with Gasteiger partial charge in [0, 0.05) is 18.5 Å². The largest absolute Gasteiger partial charge is 0.507 e. The van der Waals surface area contributed by atoms with E-state index >= 15 is 0 Å². The fourth-order valence-corrected chi connectivity index (χ4v) is 5.05. The quantitative estimate of drug-likeness (QED) is 0.276. The Kier molecular flexibility index (Phi) is 6.61. The number of ether oxygens (including phenoxy) is 2. The number of ketones is 1. The number of hydrogen-bond acceptors (Lipinski definition) is 6. The molecule has 37 heavy (non-hydrogen) atoms. The number of amides is 1. The molecule has 7 nitrogen and oxygen atoms in total. The van der Waals surface area contributed by atoms with Crippen LogP contribution < -0.4 is 9.47 Å². The van der Waals surface area contributed by atoms with Crippen LogP contribution in [-0.4, -0.2) is 46.1 Å². The summed E-state index contributed by atoms with van der Waals surface area (Å²) >= 11 is 0. The molecule has 0 bridgehead atoms. The minimum atomic E-state index is -0.841. The zero-order valence-corrected chi connectivity index (χ0v) is 20.8. The Balaban J connectivity index is 1.60. The standard InChI is InChI=1S/C30H29NO6/c1-3-36-25-17-20(9-11-23(25)32)27-26(28(33)21-10-12-24-22(16-21)15-18(2)37-24)29(34)30(35)31(27)14-13-19-7-5-4-6-8-19/h4-12,16-18,27,32-33H,3,13-15H2,1-2H3/t18-,27-/m0/s1. The van der Waals surface area contributed by atoms with Gasteiger partial charge in [0.1, 0.15) is 17.6 Å². The normalized spacial score (nSPS) is 20.1. The molecule has 0 aromatic heterocycles. The number of aliphatic hydroxyl groups excluding tert-OH is 1. The number of benzene rings is 3. The second-order valence-electron chi connectivity index (χ2n) is 9.34. The van der Waals surface area contributed by atoms with Crippen LogP contribution in [0.2, 0.25) is 0 Å². The molecule has 1 amide bonds. The summed E-state index contributed by atoms with van der Waals surface area (Å²) in [5, 5.41) is 21.7. The van der Waals surface area contributed by atoms with Gasteiger partial charge in [0.25, 0.3) is 11.7 Å². The smallest absolute Gasteiger partial charge is 0.295 e. The average molecular weight is 500 g/mol. The maximum absolute atomic E-state index is 13.4. The van der Waals surface area contributed by atoms with E-state index in [0.29, 0.717) is 30.6 Å². The van der Waals surface area contributed by atoms with Gasteiger partial charge < -0.3 is 24.6 Å². The van der Waals surface area contributed by atoms with E-state index in [-0.39, 0.29) is 35.5 Å². The number of phenols is 1. The van der Waals surface area contributed by atoms with E-state index in [2.05, 4.69) is 0 Å². The molecule has 3 aromatic carbocycles. The van der Waals surface area contributed by atoms with E-state index in [1.54, 1.807) is 31.2 Å². The molecule has 0 aliphatic carbocycles. The molecular weight excluding hydrogens is 470 g/mol. The number of aromatic hydroxyl groups is 1. The van der Waals surface area contributed by atoms with Crippen LogP contribution in [0.25, 0.3) is 5.76 Å². The lowest BCUT2D eigenvalue weighted by molar-refractivity contribution is -0.139. The van der Waals surface area contributed by atoms with Crippen LogP contribution in [0.5, 0.6) is 17.2 Å². The van der Waals surface area contributed by atoms with Crippen LogP contribution in [0.15, 0.2) is 72.3 Å². The van der Waals surface area contributed by atoms with Crippen molar-refractivity contribution in [3.63, 3.8) is 0 Å². The molecule has 7 heteroatoms. The zero-order chi connectivity index (χ0) is 26.1. The fraction of sp³-hybridized carbons (Fsp3) is 0.267. The number of nitrogens with zero attached hydrogens (tertiary/aromatic N) is 1. The van der Waals surface area contributed by atoms with Crippen LogP contribution >= 0.6 is 0 Å². The monoisotopic (exact) mass is 499 g/mol. The van der Waals surface area contributed by atoms with Gasteiger partial charge in [-0.25, -0.2) is 0 Å². The van der Waals surface area contributed by atoms with Gasteiger partial charge in [0.2, 0.25) is 0 Å². The second-order valence-corrected chi connectivity index (χ2v) is 9.34. The van der Waals surface area contributed by atoms with E-state index in [1.165, 1.54) is 11.0 Å². The van der Waals surface area contributed by atoms with Crippen molar-refractivity contribution in [1.82, 2.24) is 4.90 Å². The first kappa shape index (κ1) is 24.4. The lowest BCUT2D eigenvalue weighted by atomic mass is 9.94. The Morgan fingerprint density at radius 1 is 1.08 bits per heavy atom. The molecule has 5 rings (SSSR count). The molecule has 2 aliphatic heterocycles. The van der Waals surface area contributed by atoms with Crippen molar-refractivity contribution in [3.05, 3.63) is 94.6 Å². The van der Waals surface area contributed by atoms with Gasteiger partial charge >= 0.3 is 0 Å². The first-order valence-corrected chi connectivity index (χ1v) is 12.5. The third-order valence-corrected chi connectivity index (χ3v) is 6.79. The summed E-state index contributed by atoms with van der Waals surface area (Å²) in [5.74, 6) is -0.696. The number of carbonyl (C=O) groups excluding carboxylic acids is 2. The highest BCUT2D eigenvalue weighted by Crippen LogP contribution is 2.42. The number of phenolic OH excluding ortho intramolecular Hbond substituents is 1. The van der Waals surface area contributed by atoms with E-state index < -0.39 is 17.7 Å². The highest BCUT2D eigenvalue weighted by molar-refractivity contribution is 6.46. The predicted octanol–water partition coefficient (Wildman–Crippen LogP) is 4.78. The summed E-state index contributed by atoms with van der Waals surface area (Å²) in [4.78, 5) is 28.2. The molecule has 0 unspecified atom stereocenters. The van der Waals surface area contributed by atoms with E-state index in [9.17, 15) is 19.8 Å². The maximum atomic E-state index is 13.4. The minimum absolute atomic E-state index is 0.0121. The summed E-state index contributed by atoms with van der Waals surface area (Å²) in [6, 6.07) is 18.9. The van der Waals surface area contributed by atoms with Crippen LogP contribution in [0.1, 0.15) is 42.1 Å². The van der Waals surface area contributed by atoms with Crippen LogP contribution in [0.3, 0.4) is 0 Å². The Labute approximate surface area is 215 Å². The van der Waals surface area contributed by atoms with Crippen molar-refractivity contribution in [2.24, 2.45) is 0 Å². The summed E-state index contributed by atoms with van der Waals surface area (Å²) in [5.41, 5.74) is 2.99. The molecule has 2 N–H and O–H groups in total. The molecule has 0 radical (unpaired) electrons. The van der Waals surface area contributed by atoms with Crippen LogP contribution in [-0.2, 0) is 22.4 Å². The molecule has 1 fully saturated rings. The lowest BCUT2D eigenvalue weighted by Crippen LogP contribution is -2.31. The summed E-state index contributed by atoms with van der Waals surface area (Å²) in [7, 11) is 0. The molecule has 2 atom stereocenters. The molecule has 1 saturated heterocycles. The molecular formula is C30H29NO6. The first-order valence-electron chi connectivity index (χ1n) is 12.5. The van der Waals surface area contributed by atoms with Gasteiger partial charge in [0.15, 0.2) is 11.5 Å². The van der Waals surface area contributed by atoms with Gasteiger partial charge in [-0.15, -0.1) is 0 Å². The van der Waals surface area contributed by atoms with Crippen molar-refractivity contribution in [1.29, 1.82) is 0 Å². The van der Waals surface area contributed by atoms with Crippen LogP contribution in [0.4, 0.5) is 0 Å². The maximum Gasteiger partial charge on any atom is 0.295 e. The highest BCUT2D eigenvalue weighted by atomic mass is 16.5. The fourth-order valence-electron chi connectivity index (χ4n) is 5.05. The van der Waals surface area contributed by atoms with Crippen molar-refractivity contribution >= 4 is 17.4 Å². The summed E-state index contributed by atoms with van der Waals surface area (Å²) < 4.78 is 11.3. The molecule has 2 aliphatic rings. The number of Topliss-reactive ketones (excluding diaryl/α,β-unsaturated/α-hetero) is 1. The van der Waals surface area contributed by atoms with Crippen molar-refractivity contribution < 1.29 is 29.3 Å². The SMILES string of the molecule is CCOc1cc([C@H]2C(=C(O)c3ccc4c(c3)C[C@H](C)O4)C(=O)C(=O)N2CCc2ccccc2)ccc1O. The first-order chi connectivity index (χ1) is 17.9.